The van der Waals surface area contributed by atoms with Gasteiger partial charge >= 0.3 is 6.03 Å². The normalized spacial score (nSPS) is 18.7. The third-order valence-electron chi connectivity index (χ3n) is 6.05. The smallest absolute Gasteiger partial charge is 0.323 e. The van der Waals surface area contributed by atoms with Crippen molar-refractivity contribution in [2.45, 2.75) is 56.5 Å². The minimum Gasteiger partial charge on any atom is -0.323 e. The van der Waals surface area contributed by atoms with Gasteiger partial charge in [0.2, 0.25) is 20.0 Å². The highest BCUT2D eigenvalue weighted by Gasteiger charge is 2.52. The van der Waals surface area contributed by atoms with E-state index < -0.39 is 37.4 Å². The molecule has 0 atom stereocenters. The molecule has 1 spiro atoms. The molecule has 1 saturated heterocycles. The molecule has 2 N–H and O–H groups in total. The van der Waals surface area contributed by atoms with E-state index in [1.54, 1.807) is 26.0 Å². The van der Waals surface area contributed by atoms with Crippen LogP contribution in [0.15, 0.2) is 29.2 Å². The van der Waals surface area contributed by atoms with Gasteiger partial charge in [-0.3, -0.25) is 9.69 Å². The summed E-state index contributed by atoms with van der Waals surface area (Å²) in [7, 11) is -7.34. The maximum atomic E-state index is 12.6. The van der Waals surface area contributed by atoms with Crippen LogP contribution in [-0.4, -0.2) is 68.9 Å². The molecule has 12 heteroatoms. The Labute approximate surface area is 189 Å². The van der Waals surface area contributed by atoms with Gasteiger partial charge in [0.15, 0.2) is 0 Å². The van der Waals surface area contributed by atoms with E-state index in [0.717, 1.165) is 17.7 Å². The summed E-state index contributed by atoms with van der Waals surface area (Å²) in [5.41, 5.74) is -0.270. The fraction of sp³-hybridized carbons (Fsp3) is 0.600. The summed E-state index contributed by atoms with van der Waals surface area (Å²) in [5.74, 6) is -0.753. The largest absolute Gasteiger partial charge is 0.325 e. The maximum Gasteiger partial charge on any atom is 0.325 e. The Balaban J connectivity index is 1.56. The predicted octanol–water partition coefficient (Wildman–Crippen LogP) is 1.00. The highest BCUT2D eigenvalue weighted by molar-refractivity contribution is 7.89. The number of nitrogens with zero attached hydrogens (tertiary/aromatic N) is 2. The zero-order valence-electron chi connectivity index (χ0n) is 18.3. The second kappa shape index (κ2) is 9.46. The molecule has 3 amide bonds. The first-order chi connectivity index (χ1) is 15.0. The van der Waals surface area contributed by atoms with Gasteiger partial charge in [-0.1, -0.05) is 38.8 Å². The molecular formula is C20H30N4O6S2. The fourth-order valence-electron chi connectivity index (χ4n) is 4.17. The SMILES string of the molecule is CCN(CC)S(=O)(=O)c1ccc(CNS(=O)(=O)CCN2C(=O)NC3(CCCC3)C2=O)cc1. The van der Waals surface area contributed by atoms with Crippen molar-refractivity contribution in [1.82, 2.24) is 19.2 Å². The van der Waals surface area contributed by atoms with E-state index in [2.05, 4.69) is 10.0 Å². The monoisotopic (exact) mass is 486 g/mol. The first-order valence-electron chi connectivity index (χ1n) is 10.8. The zero-order valence-corrected chi connectivity index (χ0v) is 20.0. The van der Waals surface area contributed by atoms with Crippen LogP contribution in [0.3, 0.4) is 0 Å². The summed E-state index contributed by atoms with van der Waals surface area (Å²) < 4.78 is 53.6. The minimum atomic E-state index is -3.76. The lowest BCUT2D eigenvalue weighted by atomic mass is 9.98. The molecule has 0 unspecified atom stereocenters. The number of sulfonamides is 2. The van der Waals surface area contributed by atoms with E-state index in [1.807, 2.05) is 0 Å². The van der Waals surface area contributed by atoms with E-state index in [9.17, 15) is 26.4 Å². The summed E-state index contributed by atoms with van der Waals surface area (Å²) in [4.78, 5) is 25.9. The number of hydrogen-bond acceptors (Lipinski definition) is 6. The van der Waals surface area contributed by atoms with E-state index in [0.29, 0.717) is 31.5 Å². The summed E-state index contributed by atoms with van der Waals surface area (Å²) in [6, 6.07) is 5.47. The quantitative estimate of drug-likeness (QED) is 0.474. The Hall–Kier alpha value is -2.02. The third kappa shape index (κ3) is 4.98. The van der Waals surface area contributed by atoms with E-state index in [-0.39, 0.29) is 23.9 Å². The number of amides is 3. The van der Waals surface area contributed by atoms with Gasteiger partial charge < -0.3 is 5.32 Å². The molecule has 0 radical (unpaired) electrons. The number of rotatable bonds is 10. The van der Waals surface area contributed by atoms with Gasteiger partial charge in [0.1, 0.15) is 5.54 Å². The second-order valence-electron chi connectivity index (χ2n) is 8.05. The number of nitrogens with one attached hydrogen (secondary N) is 2. The lowest BCUT2D eigenvalue weighted by molar-refractivity contribution is -0.130. The first kappa shape index (κ1) is 24.6. The number of carbonyl (C=O) groups is 2. The Bertz CT molecular complexity index is 1060. The average molecular weight is 487 g/mol. The number of benzene rings is 1. The van der Waals surface area contributed by atoms with Crippen LogP contribution in [0.2, 0.25) is 0 Å². The van der Waals surface area contributed by atoms with Crippen LogP contribution in [0, 0.1) is 0 Å². The molecule has 32 heavy (non-hydrogen) atoms. The molecule has 2 fully saturated rings. The Kier molecular flexibility index (Phi) is 7.28. The van der Waals surface area contributed by atoms with Crippen LogP contribution in [0.5, 0.6) is 0 Å². The summed E-state index contributed by atoms with van der Waals surface area (Å²) in [5, 5.41) is 2.73. The average Bonchev–Trinajstić information content (AvgIpc) is 3.31. The van der Waals surface area contributed by atoms with Gasteiger partial charge in [-0.25, -0.2) is 26.4 Å². The molecule has 3 rings (SSSR count). The Morgan fingerprint density at radius 2 is 1.62 bits per heavy atom. The Morgan fingerprint density at radius 1 is 1.03 bits per heavy atom. The summed E-state index contributed by atoms with van der Waals surface area (Å²) >= 11 is 0. The lowest BCUT2D eigenvalue weighted by Crippen LogP contribution is -2.44. The molecule has 2 aliphatic rings. The molecule has 1 aliphatic heterocycles. The van der Waals surface area contributed by atoms with Crippen LogP contribution >= 0.6 is 0 Å². The highest BCUT2D eigenvalue weighted by atomic mass is 32.2. The standard InChI is InChI=1S/C20H30N4O6S2/c1-3-23(4-2)32(29,30)17-9-7-16(8-10-17)15-21-31(27,28)14-13-24-18(25)20(22-19(24)26)11-5-6-12-20/h7-10,21H,3-6,11-15H2,1-2H3,(H,22,26). The zero-order chi connectivity index (χ0) is 23.6. The van der Waals surface area contributed by atoms with Crippen molar-refractivity contribution in [2.24, 2.45) is 0 Å². The van der Waals surface area contributed by atoms with Crippen molar-refractivity contribution >= 4 is 32.0 Å². The van der Waals surface area contributed by atoms with Crippen molar-refractivity contribution < 1.29 is 26.4 Å². The number of carbonyl (C=O) groups excluding carboxylic acids is 2. The maximum absolute atomic E-state index is 12.6. The van der Waals surface area contributed by atoms with Gasteiger partial charge in [-0.2, -0.15) is 4.31 Å². The molecule has 1 aromatic rings. The second-order valence-corrected chi connectivity index (χ2v) is 11.9. The number of hydrogen-bond donors (Lipinski definition) is 2. The Morgan fingerprint density at radius 3 is 2.19 bits per heavy atom. The van der Waals surface area contributed by atoms with Gasteiger partial charge in [-0.15, -0.1) is 0 Å². The van der Waals surface area contributed by atoms with Gasteiger partial charge in [0.25, 0.3) is 5.91 Å². The van der Waals surface area contributed by atoms with E-state index in [1.165, 1.54) is 16.4 Å². The van der Waals surface area contributed by atoms with Crippen LogP contribution < -0.4 is 10.0 Å². The van der Waals surface area contributed by atoms with Crippen LogP contribution in [0.1, 0.15) is 45.1 Å². The predicted molar refractivity (Wildman–Crippen MR) is 119 cm³/mol. The van der Waals surface area contributed by atoms with Gasteiger partial charge in [0, 0.05) is 26.2 Å². The topological polar surface area (TPSA) is 133 Å². The van der Waals surface area contributed by atoms with Gasteiger partial charge in [0.05, 0.1) is 10.6 Å². The number of urea groups is 1. The van der Waals surface area contributed by atoms with Crippen molar-refractivity contribution in [1.29, 1.82) is 0 Å². The van der Waals surface area contributed by atoms with Crippen molar-refractivity contribution in [3.63, 3.8) is 0 Å². The van der Waals surface area contributed by atoms with Crippen molar-refractivity contribution in [3.05, 3.63) is 29.8 Å². The number of imide groups is 1. The highest BCUT2D eigenvalue weighted by Crippen LogP contribution is 2.34. The third-order valence-corrected chi connectivity index (χ3v) is 9.42. The summed E-state index contributed by atoms with van der Waals surface area (Å²) in [6.07, 6.45) is 2.88. The molecule has 1 aromatic carbocycles. The van der Waals surface area contributed by atoms with Crippen LogP contribution in [-0.2, 0) is 31.4 Å². The molecule has 0 aromatic heterocycles. The van der Waals surface area contributed by atoms with E-state index >= 15 is 0 Å². The fourth-order valence-corrected chi connectivity index (χ4v) is 6.58. The van der Waals surface area contributed by atoms with Gasteiger partial charge in [-0.05, 0) is 30.5 Å². The molecule has 0 bridgehead atoms. The van der Waals surface area contributed by atoms with Crippen LogP contribution in [0.4, 0.5) is 4.79 Å². The lowest BCUT2D eigenvalue weighted by Gasteiger charge is -2.20. The van der Waals surface area contributed by atoms with Crippen molar-refractivity contribution in [3.8, 4) is 0 Å². The van der Waals surface area contributed by atoms with E-state index in [4.69, 9.17) is 0 Å². The molecular weight excluding hydrogens is 456 g/mol. The molecule has 1 heterocycles. The molecule has 10 nitrogen and oxygen atoms in total. The molecule has 178 valence electrons. The van der Waals surface area contributed by atoms with Crippen LogP contribution in [0.25, 0.3) is 0 Å². The summed E-state index contributed by atoms with van der Waals surface area (Å²) in [6.45, 7) is 3.99. The molecule has 1 saturated carbocycles. The molecule has 1 aliphatic carbocycles. The first-order valence-corrected chi connectivity index (χ1v) is 13.8. The minimum absolute atomic E-state index is 0.0298. The van der Waals surface area contributed by atoms with Crippen molar-refractivity contribution in [2.75, 3.05) is 25.4 Å².